The Morgan fingerprint density at radius 1 is 1.26 bits per heavy atom. The molecule has 4 nitrogen and oxygen atoms in total. The molecule has 4 heteroatoms. The van der Waals surface area contributed by atoms with Crippen LogP contribution in [-0.2, 0) is 0 Å². The van der Waals surface area contributed by atoms with Gasteiger partial charge in [0.25, 0.3) is 0 Å². The number of nitrogens with two attached hydrogens (primary N) is 1. The van der Waals surface area contributed by atoms with Crippen molar-refractivity contribution in [2.75, 3.05) is 12.3 Å². The van der Waals surface area contributed by atoms with Gasteiger partial charge in [0.2, 0.25) is 0 Å². The van der Waals surface area contributed by atoms with Crippen molar-refractivity contribution in [3.8, 4) is 6.07 Å². The van der Waals surface area contributed by atoms with E-state index in [1.807, 2.05) is 6.07 Å². The highest BCUT2D eigenvalue weighted by molar-refractivity contribution is 5.55. The summed E-state index contributed by atoms with van der Waals surface area (Å²) >= 11 is 0. The Kier molecular flexibility index (Phi) is 5.34. The van der Waals surface area contributed by atoms with Crippen LogP contribution >= 0.6 is 0 Å². The van der Waals surface area contributed by atoms with Crippen LogP contribution in [0.1, 0.15) is 44.9 Å². The third-order valence-corrected chi connectivity index (χ3v) is 3.29. The molecule has 1 aromatic carbocycles. The van der Waals surface area contributed by atoms with Crippen LogP contribution in [0.15, 0.2) is 18.2 Å². The van der Waals surface area contributed by atoms with Gasteiger partial charge < -0.3 is 10.8 Å². The second kappa shape index (κ2) is 6.55. The summed E-state index contributed by atoms with van der Waals surface area (Å²) in [4.78, 5) is 2.22. The highest BCUT2D eigenvalue weighted by Gasteiger charge is 2.19. The van der Waals surface area contributed by atoms with Crippen LogP contribution < -0.4 is 5.73 Å². The van der Waals surface area contributed by atoms with Gasteiger partial charge in [-0.1, -0.05) is 6.07 Å². The van der Waals surface area contributed by atoms with Crippen molar-refractivity contribution in [3.63, 3.8) is 0 Å². The maximum atomic E-state index is 10.3. The van der Waals surface area contributed by atoms with Gasteiger partial charge in [0.05, 0.1) is 11.7 Å². The van der Waals surface area contributed by atoms with E-state index in [-0.39, 0.29) is 0 Å². The van der Waals surface area contributed by atoms with Crippen molar-refractivity contribution in [2.24, 2.45) is 0 Å². The first-order valence-corrected chi connectivity index (χ1v) is 6.60. The topological polar surface area (TPSA) is 73.3 Å². The summed E-state index contributed by atoms with van der Waals surface area (Å²) in [6.45, 7) is 8.98. The van der Waals surface area contributed by atoms with Gasteiger partial charge in [-0.3, -0.25) is 4.90 Å². The van der Waals surface area contributed by atoms with Gasteiger partial charge in [-0.2, -0.15) is 5.26 Å². The van der Waals surface area contributed by atoms with Gasteiger partial charge >= 0.3 is 0 Å². The number of anilines is 1. The SMILES string of the molecule is CC(C)N(CC(O)c1ccc(N)c(C#N)c1)C(C)C. The molecule has 0 aliphatic carbocycles. The van der Waals surface area contributed by atoms with E-state index in [0.717, 1.165) is 5.56 Å². The number of hydrogen-bond acceptors (Lipinski definition) is 4. The Labute approximate surface area is 115 Å². The predicted molar refractivity (Wildman–Crippen MR) is 77.5 cm³/mol. The molecule has 0 heterocycles. The molecule has 0 aliphatic heterocycles. The smallest absolute Gasteiger partial charge is 0.101 e. The van der Waals surface area contributed by atoms with E-state index < -0.39 is 6.10 Å². The molecule has 0 aromatic heterocycles. The zero-order valence-corrected chi connectivity index (χ0v) is 12.1. The lowest BCUT2D eigenvalue weighted by atomic mass is 10.0. The Morgan fingerprint density at radius 2 is 1.84 bits per heavy atom. The Balaban J connectivity index is 2.89. The molecular formula is C15H23N3O. The molecule has 0 amide bonds. The van der Waals surface area contributed by atoms with E-state index >= 15 is 0 Å². The van der Waals surface area contributed by atoms with Crippen LogP contribution in [0.25, 0.3) is 0 Å². The lowest BCUT2D eigenvalue weighted by molar-refractivity contribution is 0.0756. The van der Waals surface area contributed by atoms with E-state index in [1.54, 1.807) is 18.2 Å². The van der Waals surface area contributed by atoms with E-state index in [9.17, 15) is 5.11 Å². The van der Waals surface area contributed by atoms with E-state index in [4.69, 9.17) is 11.0 Å². The summed E-state index contributed by atoms with van der Waals surface area (Å²) in [5.74, 6) is 0. The first-order chi connectivity index (χ1) is 8.86. The standard InChI is InChI=1S/C15H23N3O/c1-10(2)18(11(3)4)9-15(19)12-5-6-14(17)13(7-12)8-16/h5-7,10-11,15,19H,9,17H2,1-4H3. The van der Waals surface area contributed by atoms with Crippen molar-refractivity contribution in [1.29, 1.82) is 5.26 Å². The molecule has 0 saturated heterocycles. The lowest BCUT2D eigenvalue weighted by Gasteiger charge is -2.32. The number of nitrogen functional groups attached to an aromatic ring is 1. The van der Waals surface area contributed by atoms with Crippen molar-refractivity contribution in [1.82, 2.24) is 4.90 Å². The number of nitriles is 1. The quantitative estimate of drug-likeness (QED) is 0.798. The number of aliphatic hydroxyl groups excluding tert-OH is 1. The van der Waals surface area contributed by atoms with Gasteiger partial charge in [0.1, 0.15) is 6.07 Å². The minimum atomic E-state index is -0.613. The van der Waals surface area contributed by atoms with Gasteiger partial charge in [-0.15, -0.1) is 0 Å². The largest absolute Gasteiger partial charge is 0.398 e. The first-order valence-electron chi connectivity index (χ1n) is 6.60. The monoisotopic (exact) mass is 261 g/mol. The molecular weight excluding hydrogens is 238 g/mol. The molecule has 19 heavy (non-hydrogen) atoms. The fraction of sp³-hybridized carbons (Fsp3) is 0.533. The zero-order valence-electron chi connectivity index (χ0n) is 12.1. The van der Waals surface area contributed by atoms with E-state index in [0.29, 0.717) is 29.9 Å². The summed E-state index contributed by atoms with van der Waals surface area (Å²) in [5.41, 5.74) is 7.28. The molecule has 0 saturated carbocycles. The van der Waals surface area contributed by atoms with Crippen molar-refractivity contribution < 1.29 is 5.11 Å². The minimum absolute atomic E-state index is 0.360. The number of hydrogen-bond donors (Lipinski definition) is 2. The summed E-state index contributed by atoms with van der Waals surface area (Å²) < 4.78 is 0. The fourth-order valence-corrected chi connectivity index (χ4v) is 2.20. The predicted octanol–water partition coefficient (Wildman–Crippen LogP) is 2.29. The molecule has 0 fully saturated rings. The van der Waals surface area contributed by atoms with Gasteiger partial charge in [-0.05, 0) is 45.4 Å². The molecule has 0 spiro atoms. The summed E-state index contributed by atoms with van der Waals surface area (Å²) in [6.07, 6.45) is -0.613. The average molecular weight is 261 g/mol. The van der Waals surface area contributed by atoms with Gasteiger partial charge in [0, 0.05) is 24.3 Å². The number of nitrogens with zero attached hydrogens (tertiary/aromatic N) is 2. The molecule has 1 unspecified atom stereocenters. The van der Waals surface area contributed by atoms with Crippen LogP contribution in [0.5, 0.6) is 0 Å². The molecule has 104 valence electrons. The summed E-state index contributed by atoms with van der Waals surface area (Å²) in [5, 5.41) is 19.3. The van der Waals surface area contributed by atoms with Crippen molar-refractivity contribution in [3.05, 3.63) is 29.3 Å². The van der Waals surface area contributed by atoms with Crippen LogP contribution in [0.2, 0.25) is 0 Å². The molecule has 1 rings (SSSR count). The van der Waals surface area contributed by atoms with Crippen LogP contribution in [0.3, 0.4) is 0 Å². The number of rotatable bonds is 5. The summed E-state index contributed by atoms with van der Waals surface area (Å²) in [7, 11) is 0. The van der Waals surface area contributed by atoms with E-state index in [2.05, 4.69) is 32.6 Å². The average Bonchev–Trinajstić information content (AvgIpc) is 2.35. The number of benzene rings is 1. The second-order valence-electron chi connectivity index (χ2n) is 5.36. The Bertz CT molecular complexity index is 455. The molecule has 0 bridgehead atoms. The maximum absolute atomic E-state index is 10.3. The Hall–Kier alpha value is -1.57. The molecule has 1 aromatic rings. The lowest BCUT2D eigenvalue weighted by Crippen LogP contribution is -2.39. The zero-order chi connectivity index (χ0) is 14.6. The highest BCUT2D eigenvalue weighted by Crippen LogP contribution is 2.21. The third kappa shape index (κ3) is 3.95. The Morgan fingerprint density at radius 3 is 2.32 bits per heavy atom. The molecule has 3 N–H and O–H groups in total. The van der Waals surface area contributed by atoms with Crippen molar-refractivity contribution >= 4 is 5.69 Å². The van der Waals surface area contributed by atoms with Gasteiger partial charge in [-0.25, -0.2) is 0 Å². The van der Waals surface area contributed by atoms with Gasteiger partial charge in [0.15, 0.2) is 0 Å². The highest BCUT2D eigenvalue weighted by atomic mass is 16.3. The molecule has 0 aliphatic rings. The first kappa shape index (κ1) is 15.5. The normalized spacial score (nSPS) is 13.0. The maximum Gasteiger partial charge on any atom is 0.101 e. The van der Waals surface area contributed by atoms with E-state index in [1.165, 1.54) is 0 Å². The fourth-order valence-electron chi connectivity index (χ4n) is 2.20. The second-order valence-corrected chi connectivity index (χ2v) is 5.36. The van der Waals surface area contributed by atoms with Crippen LogP contribution in [0, 0.1) is 11.3 Å². The van der Waals surface area contributed by atoms with Crippen LogP contribution in [0.4, 0.5) is 5.69 Å². The van der Waals surface area contributed by atoms with Crippen LogP contribution in [-0.4, -0.2) is 28.6 Å². The number of aliphatic hydroxyl groups is 1. The summed E-state index contributed by atoms with van der Waals surface area (Å²) in [6, 6.07) is 7.88. The third-order valence-electron chi connectivity index (χ3n) is 3.29. The minimum Gasteiger partial charge on any atom is -0.398 e. The molecule has 1 atom stereocenters. The van der Waals surface area contributed by atoms with Crippen molar-refractivity contribution in [2.45, 2.75) is 45.9 Å². The molecule has 0 radical (unpaired) electrons.